The summed E-state index contributed by atoms with van der Waals surface area (Å²) in [5.74, 6) is 1.17. The molecular weight excluding hydrogens is 342 g/mol. The SMILES string of the molecule is CCc1cc(N2CCN(Cc3ccc(SC)cc3)CC2)n2nccc2n1. The Morgan fingerprint density at radius 1 is 1.04 bits per heavy atom. The number of rotatable bonds is 5. The molecule has 3 aromatic rings. The van der Waals surface area contributed by atoms with Gasteiger partial charge in [0.05, 0.1) is 6.20 Å². The molecule has 136 valence electrons. The number of nitrogens with zero attached hydrogens (tertiary/aromatic N) is 5. The molecule has 0 N–H and O–H groups in total. The third-order valence-corrected chi connectivity index (χ3v) is 5.76. The molecule has 1 aliphatic rings. The lowest BCUT2D eigenvalue weighted by Crippen LogP contribution is -2.46. The Morgan fingerprint density at radius 3 is 2.50 bits per heavy atom. The van der Waals surface area contributed by atoms with E-state index in [1.54, 1.807) is 11.8 Å². The fraction of sp³-hybridized carbons (Fsp3) is 0.400. The minimum atomic E-state index is 0.940. The van der Waals surface area contributed by atoms with Crippen LogP contribution in [-0.2, 0) is 13.0 Å². The maximum Gasteiger partial charge on any atom is 0.157 e. The number of fused-ring (bicyclic) bond motifs is 1. The van der Waals surface area contributed by atoms with Crippen LogP contribution in [0.15, 0.2) is 47.5 Å². The lowest BCUT2D eigenvalue weighted by Gasteiger charge is -2.36. The van der Waals surface area contributed by atoms with E-state index in [4.69, 9.17) is 0 Å². The summed E-state index contributed by atoms with van der Waals surface area (Å²) < 4.78 is 1.97. The van der Waals surface area contributed by atoms with Gasteiger partial charge in [-0.1, -0.05) is 19.1 Å². The summed E-state index contributed by atoms with van der Waals surface area (Å²) in [4.78, 5) is 11.0. The largest absolute Gasteiger partial charge is 0.354 e. The molecule has 1 saturated heterocycles. The van der Waals surface area contributed by atoms with Crippen molar-refractivity contribution in [1.82, 2.24) is 19.5 Å². The first kappa shape index (κ1) is 17.4. The third-order valence-electron chi connectivity index (χ3n) is 5.02. The van der Waals surface area contributed by atoms with Gasteiger partial charge in [-0.25, -0.2) is 4.98 Å². The summed E-state index contributed by atoms with van der Waals surface area (Å²) in [5.41, 5.74) is 3.46. The maximum atomic E-state index is 4.66. The summed E-state index contributed by atoms with van der Waals surface area (Å²) in [6.45, 7) is 7.35. The molecule has 0 radical (unpaired) electrons. The molecule has 5 nitrogen and oxygen atoms in total. The normalized spacial score (nSPS) is 15.7. The highest BCUT2D eigenvalue weighted by atomic mass is 32.2. The summed E-state index contributed by atoms with van der Waals surface area (Å²) in [7, 11) is 0. The van der Waals surface area contributed by atoms with Crippen molar-refractivity contribution in [1.29, 1.82) is 0 Å². The fourth-order valence-corrected chi connectivity index (χ4v) is 3.89. The van der Waals surface area contributed by atoms with Gasteiger partial charge in [-0.15, -0.1) is 11.8 Å². The highest BCUT2D eigenvalue weighted by Crippen LogP contribution is 2.21. The topological polar surface area (TPSA) is 36.7 Å². The highest BCUT2D eigenvalue weighted by molar-refractivity contribution is 7.98. The molecule has 0 aliphatic carbocycles. The van der Waals surface area contributed by atoms with E-state index in [1.807, 2.05) is 16.8 Å². The van der Waals surface area contributed by atoms with Gasteiger partial charge in [0.1, 0.15) is 5.82 Å². The van der Waals surface area contributed by atoms with E-state index in [0.29, 0.717) is 0 Å². The number of benzene rings is 1. The van der Waals surface area contributed by atoms with Gasteiger partial charge in [0.15, 0.2) is 5.65 Å². The van der Waals surface area contributed by atoms with Gasteiger partial charge in [0.2, 0.25) is 0 Å². The van der Waals surface area contributed by atoms with Gasteiger partial charge in [-0.3, -0.25) is 4.90 Å². The molecular formula is C20H25N5S. The van der Waals surface area contributed by atoms with E-state index < -0.39 is 0 Å². The minimum absolute atomic E-state index is 0.940. The van der Waals surface area contributed by atoms with E-state index in [0.717, 1.165) is 50.5 Å². The molecule has 0 bridgehead atoms. The minimum Gasteiger partial charge on any atom is -0.354 e. The predicted molar refractivity (Wildman–Crippen MR) is 108 cm³/mol. The predicted octanol–water partition coefficient (Wildman–Crippen LogP) is 3.34. The van der Waals surface area contributed by atoms with Crippen LogP contribution in [-0.4, -0.2) is 51.9 Å². The van der Waals surface area contributed by atoms with Crippen molar-refractivity contribution >= 4 is 23.2 Å². The van der Waals surface area contributed by atoms with Gasteiger partial charge in [0.25, 0.3) is 0 Å². The Bertz CT molecular complexity index is 866. The molecule has 3 heterocycles. The number of hydrogen-bond acceptors (Lipinski definition) is 5. The van der Waals surface area contributed by atoms with E-state index in [2.05, 4.69) is 63.4 Å². The van der Waals surface area contributed by atoms with Gasteiger partial charge < -0.3 is 4.90 Å². The van der Waals surface area contributed by atoms with Gasteiger partial charge >= 0.3 is 0 Å². The lowest BCUT2D eigenvalue weighted by molar-refractivity contribution is 0.249. The van der Waals surface area contributed by atoms with Gasteiger partial charge in [0, 0.05) is 55.4 Å². The summed E-state index contributed by atoms with van der Waals surface area (Å²) in [5, 5.41) is 4.47. The first-order chi connectivity index (χ1) is 12.8. The number of anilines is 1. The zero-order valence-corrected chi connectivity index (χ0v) is 16.2. The lowest BCUT2D eigenvalue weighted by atomic mass is 10.2. The van der Waals surface area contributed by atoms with Gasteiger partial charge in [-0.2, -0.15) is 9.61 Å². The van der Waals surface area contributed by atoms with Crippen molar-refractivity contribution in [3.63, 3.8) is 0 Å². The molecule has 4 rings (SSSR count). The van der Waals surface area contributed by atoms with Crippen LogP contribution in [0.4, 0.5) is 5.82 Å². The Balaban J connectivity index is 1.44. The first-order valence-electron chi connectivity index (χ1n) is 9.20. The summed E-state index contributed by atoms with van der Waals surface area (Å²) >= 11 is 1.79. The highest BCUT2D eigenvalue weighted by Gasteiger charge is 2.20. The molecule has 0 amide bonds. The molecule has 0 spiro atoms. The Labute approximate surface area is 159 Å². The molecule has 1 aliphatic heterocycles. The Kier molecular flexibility index (Phi) is 5.13. The fourth-order valence-electron chi connectivity index (χ4n) is 3.48. The van der Waals surface area contributed by atoms with Crippen molar-refractivity contribution in [2.75, 3.05) is 37.3 Å². The zero-order chi connectivity index (χ0) is 17.9. The second-order valence-electron chi connectivity index (χ2n) is 6.67. The van der Waals surface area contributed by atoms with Crippen molar-refractivity contribution in [3.05, 3.63) is 53.9 Å². The maximum absolute atomic E-state index is 4.66. The van der Waals surface area contributed by atoms with Crippen molar-refractivity contribution in [2.24, 2.45) is 0 Å². The summed E-state index contributed by atoms with van der Waals surface area (Å²) in [6.07, 6.45) is 4.90. The Morgan fingerprint density at radius 2 is 1.81 bits per heavy atom. The van der Waals surface area contributed by atoms with Crippen molar-refractivity contribution < 1.29 is 0 Å². The average molecular weight is 368 g/mol. The van der Waals surface area contributed by atoms with Crippen LogP contribution in [0.1, 0.15) is 18.2 Å². The van der Waals surface area contributed by atoms with E-state index >= 15 is 0 Å². The molecule has 6 heteroatoms. The smallest absolute Gasteiger partial charge is 0.157 e. The number of hydrogen-bond donors (Lipinski definition) is 0. The van der Waals surface area contributed by atoms with Crippen molar-refractivity contribution in [3.8, 4) is 0 Å². The third kappa shape index (κ3) is 3.57. The quantitative estimate of drug-likeness (QED) is 0.647. The monoisotopic (exact) mass is 367 g/mol. The summed E-state index contributed by atoms with van der Waals surface area (Å²) in [6, 6.07) is 13.1. The number of thioether (sulfide) groups is 1. The van der Waals surface area contributed by atoms with E-state index in [9.17, 15) is 0 Å². The number of piperazine rings is 1. The van der Waals surface area contributed by atoms with Crippen LogP contribution in [0.2, 0.25) is 0 Å². The number of aromatic nitrogens is 3. The first-order valence-corrected chi connectivity index (χ1v) is 10.4. The van der Waals surface area contributed by atoms with Crippen LogP contribution in [0, 0.1) is 0 Å². The van der Waals surface area contributed by atoms with Crippen LogP contribution < -0.4 is 4.90 Å². The Hall–Kier alpha value is -2.05. The molecule has 0 unspecified atom stereocenters. The van der Waals surface area contributed by atoms with Crippen LogP contribution >= 0.6 is 11.8 Å². The van der Waals surface area contributed by atoms with Gasteiger partial charge in [-0.05, 0) is 30.4 Å². The molecule has 26 heavy (non-hydrogen) atoms. The molecule has 0 saturated carbocycles. The molecule has 1 aromatic carbocycles. The average Bonchev–Trinajstić information content (AvgIpc) is 3.17. The van der Waals surface area contributed by atoms with Crippen molar-refractivity contribution in [2.45, 2.75) is 24.8 Å². The number of aryl methyl sites for hydroxylation is 1. The van der Waals surface area contributed by atoms with Crippen LogP contribution in [0.5, 0.6) is 0 Å². The van der Waals surface area contributed by atoms with E-state index in [-0.39, 0.29) is 0 Å². The standard InChI is InChI=1S/C20H25N5S/c1-3-17-14-20(25-19(22-17)8-9-21-25)24-12-10-23(11-13-24)15-16-4-6-18(26-2)7-5-16/h4-9,14H,3,10-13,15H2,1-2H3. The molecule has 0 atom stereocenters. The second kappa shape index (κ2) is 7.68. The zero-order valence-electron chi connectivity index (χ0n) is 15.4. The van der Waals surface area contributed by atoms with Crippen LogP contribution in [0.25, 0.3) is 5.65 Å². The van der Waals surface area contributed by atoms with Crippen LogP contribution in [0.3, 0.4) is 0 Å². The van der Waals surface area contributed by atoms with E-state index in [1.165, 1.54) is 16.3 Å². The molecule has 1 fully saturated rings. The second-order valence-corrected chi connectivity index (χ2v) is 7.55. The molecule has 2 aromatic heterocycles.